The van der Waals surface area contributed by atoms with Crippen molar-refractivity contribution in [1.29, 1.82) is 0 Å². The zero-order valence-corrected chi connectivity index (χ0v) is 12.3. The summed E-state index contributed by atoms with van der Waals surface area (Å²) in [4.78, 5) is 22.5. The lowest BCUT2D eigenvalue weighted by Gasteiger charge is -2.13. The highest BCUT2D eigenvalue weighted by atomic mass is 16.5. The van der Waals surface area contributed by atoms with Crippen molar-refractivity contribution < 1.29 is 24.5 Å². The second-order valence-electron chi connectivity index (χ2n) is 4.89. The normalized spacial score (nSPS) is 11.8. The predicted octanol–water partition coefficient (Wildman–Crippen LogP) is 1.02. The second-order valence-corrected chi connectivity index (χ2v) is 4.89. The van der Waals surface area contributed by atoms with Gasteiger partial charge >= 0.3 is 5.97 Å². The fraction of sp³-hybridized carbons (Fsp3) is 0.467. The van der Waals surface area contributed by atoms with E-state index in [1.807, 2.05) is 32.0 Å². The minimum Gasteiger partial charge on any atom is -0.493 e. The van der Waals surface area contributed by atoms with E-state index in [4.69, 9.17) is 14.9 Å². The zero-order valence-electron chi connectivity index (χ0n) is 12.3. The van der Waals surface area contributed by atoms with Gasteiger partial charge in [0, 0.05) is 13.0 Å². The Labute approximate surface area is 123 Å². The van der Waals surface area contributed by atoms with Crippen molar-refractivity contribution in [2.45, 2.75) is 32.7 Å². The predicted molar refractivity (Wildman–Crippen MR) is 77.3 cm³/mol. The number of amides is 1. The van der Waals surface area contributed by atoms with Crippen molar-refractivity contribution in [2.24, 2.45) is 0 Å². The molecular weight excluding hydrogens is 274 g/mol. The fourth-order valence-corrected chi connectivity index (χ4v) is 1.93. The van der Waals surface area contributed by atoms with Gasteiger partial charge in [-0.25, -0.2) is 4.79 Å². The number of benzene rings is 1. The maximum Gasteiger partial charge on any atom is 0.326 e. The van der Waals surface area contributed by atoms with Gasteiger partial charge in [0.1, 0.15) is 11.8 Å². The average molecular weight is 295 g/mol. The number of nitrogens with one attached hydrogen (secondary N) is 1. The number of hydrogen-bond donors (Lipinski definition) is 3. The maximum absolute atomic E-state index is 11.6. The monoisotopic (exact) mass is 295 g/mol. The lowest BCUT2D eigenvalue weighted by molar-refractivity contribution is -0.142. The Hall–Kier alpha value is -2.08. The van der Waals surface area contributed by atoms with Crippen LogP contribution < -0.4 is 10.1 Å². The van der Waals surface area contributed by atoms with E-state index in [0.717, 1.165) is 11.1 Å². The molecule has 0 aliphatic carbocycles. The van der Waals surface area contributed by atoms with E-state index in [1.165, 1.54) is 0 Å². The molecule has 3 N–H and O–H groups in total. The van der Waals surface area contributed by atoms with Gasteiger partial charge in [0.15, 0.2) is 0 Å². The standard InChI is InChI=1S/C15H21NO5/c1-10-7-11(2)9-12(8-10)21-6-4-14(18)16-13(3-5-17)15(19)20/h7-9,13,17H,3-6H2,1-2H3,(H,16,18)(H,19,20)/t13-/m0/s1. The Morgan fingerprint density at radius 3 is 2.38 bits per heavy atom. The number of carboxylic acid groups (broad SMARTS) is 1. The van der Waals surface area contributed by atoms with Gasteiger partial charge in [0.2, 0.25) is 5.91 Å². The largest absolute Gasteiger partial charge is 0.493 e. The van der Waals surface area contributed by atoms with E-state index in [9.17, 15) is 9.59 Å². The number of carboxylic acids is 1. The topological polar surface area (TPSA) is 95.9 Å². The minimum absolute atomic E-state index is 0.0149. The van der Waals surface area contributed by atoms with Crippen molar-refractivity contribution in [3.8, 4) is 5.75 Å². The van der Waals surface area contributed by atoms with Gasteiger partial charge in [-0.3, -0.25) is 4.79 Å². The molecule has 1 rings (SSSR count). The van der Waals surface area contributed by atoms with Crippen molar-refractivity contribution in [2.75, 3.05) is 13.2 Å². The molecule has 0 bridgehead atoms. The molecule has 116 valence electrons. The number of aliphatic carboxylic acids is 1. The van der Waals surface area contributed by atoms with Crippen molar-refractivity contribution in [1.82, 2.24) is 5.32 Å². The smallest absolute Gasteiger partial charge is 0.326 e. The number of carbonyl (C=O) groups excluding carboxylic acids is 1. The number of rotatable bonds is 8. The van der Waals surface area contributed by atoms with E-state index >= 15 is 0 Å². The number of ether oxygens (including phenoxy) is 1. The van der Waals surface area contributed by atoms with E-state index in [0.29, 0.717) is 5.75 Å². The van der Waals surface area contributed by atoms with Crippen LogP contribution in [0.25, 0.3) is 0 Å². The van der Waals surface area contributed by atoms with Crippen LogP contribution in [0.3, 0.4) is 0 Å². The van der Waals surface area contributed by atoms with Crippen LogP contribution >= 0.6 is 0 Å². The maximum atomic E-state index is 11.6. The molecule has 21 heavy (non-hydrogen) atoms. The number of aliphatic hydroxyl groups excluding tert-OH is 1. The zero-order chi connectivity index (χ0) is 15.8. The van der Waals surface area contributed by atoms with Crippen LogP contribution in [0.5, 0.6) is 5.75 Å². The Balaban J connectivity index is 2.40. The van der Waals surface area contributed by atoms with Gasteiger partial charge in [-0.05, 0) is 37.1 Å². The Bertz CT molecular complexity index is 481. The highest BCUT2D eigenvalue weighted by molar-refractivity contribution is 5.83. The van der Waals surface area contributed by atoms with Gasteiger partial charge < -0.3 is 20.3 Å². The molecular formula is C15H21NO5. The summed E-state index contributed by atoms with van der Waals surface area (Å²) in [7, 11) is 0. The number of aliphatic hydroxyl groups is 1. The first kappa shape index (κ1) is 17.0. The van der Waals surface area contributed by atoms with Gasteiger partial charge in [-0.1, -0.05) is 6.07 Å². The summed E-state index contributed by atoms with van der Waals surface area (Å²) in [6.07, 6.45) is 0.0429. The molecule has 1 amide bonds. The molecule has 0 spiro atoms. The number of aryl methyl sites for hydroxylation is 2. The summed E-state index contributed by atoms with van der Waals surface area (Å²) in [6, 6.07) is 4.70. The first-order valence-corrected chi connectivity index (χ1v) is 6.76. The van der Waals surface area contributed by atoms with Crippen LogP contribution in [-0.4, -0.2) is 41.3 Å². The van der Waals surface area contributed by atoms with Crippen LogP contribution in [0.4, 0.5) is 0 Å². The molecule has 0 heterocycles. The highest BCUT2D eigenvalue weighted by Gasteiger charge is 2.18. The minimum atomic E-state index is -1.16. The quantitative estimate of drug-likeness (QED) is 0.665. The molecule has 1 aromatic carbocycles. The summed E-state index contributed by atoms with van der Waals surface area (Å²) < 4.78 is 5.48. The Morgan fingerprint density at radius 2 is 1.86 bits per heavy atom. The molecule has 0 aliphatic rings. The summed E-state index contributed by atoms with van der Waals surface area (Å²) in [6.45, 7) is 3.79. The fourth-order valence-electron chi connectivity index (χ4n) is 1.93. The van der Waals surface area contributed by atoms with Crippen molar-refractivity contribution >= 4 is 11.9 Å². The van der Waals surface area contributed by atoms with Crippen molar-refractivity contribution in [3.05, 3.63) is 29.3 Å². The first-order valence-electron chi connectivity index (χ1n) is 6.76. The van der Waals surface area contributed by atoms with Gasteiger partial charge in [-0.2, -0.15) is 0 Å². The molecule has 0 aliphatic heterocycles. The lowest BCUT2D eigenvalue weighted by atomic mass is 10.1. The molecule has 0 aromatic heterocycles. The van der Waals surface area contributed by atoms with E-state index in [2.05, 4.69) is 5.32 Å². The lowest BCUT2D eigenvalue weighted by Crippen LogP contribution is -2.41. The third kappa shape index (κ3) is 6.27. The highest BCUT2D eigenvalue weighted by Crippen LogP contribution is 2.16. The van der Waals surface area contributed by atoms with Crippen LogP contribution in [-0.2, 0) is 9.59 Å². The van der Waals surface area contributed by atoms with Crippen molar-refractivity contribution in [3.63, 3.8) is 0 Å². The molecule has 0 radical (unpaired) electrons. The van der Waals surface area contributed by atoms with Crippen LogP contribution in [0.2, 0.25) is 0 Å². The molecule has 0 fully saturated rings. The molecule has 6 heteroatoms. The summed E-state index contributed by atoms with van der Waals surface area (Å²) in [5, 5.41) is 19.9. The van der Waals surface area contributed by atoms with E-state index < -0.39 is 17.9 Å². The molecule has 1 atom stereocenters. The molecule has 0 unspecified atom stereocenters. The first-order chi connectivity index (χ1) is 9.92. The molecule has 1 aromatic rings. The summed E-state index contributed by atoms with van der Waals surface area (Å²) >= 11 is 0. The summed E-state index contributed by atoms with van der Waals surface area (Å²) in [5.41, 5.74) is 2.15. The summed E-state index contributed by atoms with van der Waals surface area (Å²) in [5.74, 6) is -0.890. The average Bonchev–Trinajstić information content (AvgIpc) is 2.36. The molecule has 6 nitrogen and oxygen atoms in total. The van der Waals surface area contributed by atoms with Gasteiger partial charge in [-0.15, -0.1) is 0 Å². The number of carbonyl (C=O) groups is 2. The second kappa shape index (κ2) is 8.26. The third-order valence-electron chi connectivity index (χ3n) is 2.84. The Morgan fingerprint density at radius 1 is 1.24 bits per heavy atom. The van der Waals surface area contributed by atoms with E-state index in [1.54, 1.807) is 0 Å². The van der Waals surface area contributed by atoms with E-state index in [-0.39, 0.29) is 26.1 Å². The Kier molecular flexibility index (Phi) is 6.68. The molecule has 0 saturated heterocycles. The third-order valence-corrected chi connectivity index (χ3v) is 2.84. The van der Waals surface area contributed by atoms with Crippen LogP contribution in [0.1, 0.15) is 24.0 Å². The van der Waals surface area contributed by atoms with Crippen LogP contribution in [0, 0.1) is 13.8 Å². The van der Waals surface area contributed by atoms with Gasteiger partial charge in [0.05, 0.1) is 13.0 Å². The molecule has 0 saturated carbocycles. The van der Waals surface area contributed by atoms with Crippen LogP contribution in [0.15, 0.2) is 18.2 Å². The SMILES string of the molecule is Cc1cc(C)cc(OCCC(=O)N[C@@H](CCO)C(=O)O)c1. The number of hydrogen-bond acceptors (Lipinski definition) is 4. The van der Waals surface area contributed by atoms with Gasteiger partial charge in [0.25, 0.3) is 0 Å².